The Hall–Kier alpha value is -0.790. The highest BCUT2D eigenvalue weighted by atomic mass is 35.5. The molecule has 0 unspecified atom stereocenters. The fourth-order valence-corrected chi connectivity index (χ4v) is 1.47. The molecule has 1 aromatic carbocycles. The molecule has 2 heteroatoms. The zero-order chi connectivity index (χ0) is 9.14. The van der Waals surface area contributed by atoms with Crippen LogP contribution in [0, 0.1) is 13.8 Å². The molecule has 2 N–H and O–H groups in total. The van der Waals surface area contributed by atoms with E-state index < -0.39 is 0 Å². The Labute approximate surface area is 86.1 Å². The maximum atomic E-state index is 5.88. The zero-order valence-electron chi connectivity index (χ0n) is 8.08. The first-order valence-electron chi connectivity index (χ1n) is 4.11. The maximum absolute atomic E-state index is 5.88. The second-order valence-corrected chi connectivity index (χ2v) is 3.07. The van der Waals surface area contributed by atoms with E-state index in [2.05, 4.69) is 32.6 Å². The van der Waals surface area contributed by atoms with E-state index in [1.165, 1.54) is 16.7 Å². The smallest absolute Gasteiger partial charge is 0.0483 e. The molecular weight excluding hydrogens is 182 g/mol. The summed E-state index contributed by atoms with van der Waals surface area (Å²) in [6.07, 6.45) is 1.77. The third-order valence-corrected chi connectivity index (χ3v) is 2.13. The van der Waals surface area contributed by atoms with Gasteiger partial charge in [0, 0.05) is 6.04 Å². The minimum Gasteiger partial charge on any atom is -0.321 e. The summed E-state index contributed by atoms with van der Waals surface area (Å²) in [5, 5.41) is 0. The van der Waals surface area contributed by atoms with Gasteiger partial charge in [-0.05, 0) is 30.5 Å². The fourth-order valence-electron chi connectivity index (χ4n) is 1.47. The molecule has 1 nitrogen and oxygen atoms in total. The summed E-state index contributed by atoms with van der Waals surface area (Å²) in [6, 6.07) is 6.16. The van der Waals surface area contributed by atoms with Crippen LogP contribution in [0.2, 0.25) is 0 Å². The summed E-state index contributed by atoms with van der Waals surface area (Å²) < 4.78 is 0. The molecule has 0 heterocycles. The second-order valence-electron chi connectivity index (χ2n) is 3.07. The van der Waals surface area contributed by atoms with Crippen LogP contribution >= 0.6 is 12.4 Å². The average molecular weight is 198 g/mol. The van der Waals surface area contributed by atoms with Crippen molar-refractivity contribution in [1.29, 1.82) is 0 Å². The van der Waals surface area contributed by atoms with E-state index >= 15 is 0 Å². The van der Waals surface area contributed by atoms with Gasteiger partial charge in [-0.15, -0.1) is 19.0 Å². The van der Waals surface area contributed by atoms with Crippen LogP contribution in [-0.2, 0) is 0 Å². The van der Waals surface area contributed by atoms with Gasteiger partial charge in [-0.25, -0.2) is 0 Å². The zero-order valence-corrected chi connectivity index (χ0v) is 8.90. The largest absolute Gasteiger partial charge is 0.321 e. The molecule has 0 bridgehead atoms. The highest BCUT2D eigenvalue weighted by molar-refractivity contribution is 5.85. The Balaban J connectivity index is 0.00000144. The van der Waals surface area contributed by atoms with E-state index in [1.807, 2.05) is 6.07 Å². The van der Waals surface area contributed by atoms with Crippen molar-refractivity contribution in [2.24, 2.45) is 5.73 Å². The van der Waals surface area contributed by atoms with Crippen LogP contribution in [0.4, 0.5) is 0 Å². The van der Waals surface area contributed by atoms with E-state index in [0.29, 0.717) is 0 Å². The molecule has 1 atom stereocenters. The summed E-state index contributed by atoms with van der Waals surface area (Å²) in [7, 11) is 0. The Kier molecular flexibility index (Phi) is 4.74. The number of aryl methyl sites for hydroxylation is 2. The third kappa shape index (κ3) is 2.58. The van der Waals surface area contributed by atoms with Crippen LogP contribution in [0.5, 0.6) is 0 Å². The van der Waals surface area contributed by atoms with Gasteiger partial charge in [0.2, 0.25) is 0 Å². The first kappa shape index (κ1) is 12.2. The monoisotopic (exact) mass is 197 g/mol. The molecule has 0 spiro atoms. The van der Waals surface area contributed by atoms with Gasteiger partial charge in [0.15, 0.2) is 0 Å². The lowest BCUT2D eigenvalue weighted by molar-refractivity contribution is 0.890. The molecule has 0 aliphatic carbocycles. The number of rotatable bonds is 2. The standard InChI is InChI=1S/C11H15N.ClH/c1-4-10(12)11-8(2)6-5-7-9(11)3;/h4-7,10H,1,12H2,2-3H3;1H/t10-;/m0./s1. The lowest BCUT2D eigenvalue weighted by Gasteiger charge is -2.13. The Morgan fingerprint density at radius 3 is 2.15 bits per heavy atom. The summed E-state index contributed by atoms with van der Waals surface area (Å²) in [5.74, 6) is 0. The highest BCUT2D eigenvalue weighted by Crippen LogP contribution is 2.20. The van der Waals surface area contributed by atoms with Crippen molar-refractivity contribution in [3.63, 3.8) is 0 Å². The molecule has 0 aromatic heterocycles. The van der Waals surface area contributed by atoms with E-state index in [9.17, 15) is 0 Å². The Morgan fingerprint density at radius 2 is 1.77 bits per heavy atom. The van der Waals surface area contributed by atoms with Crippen molar-refractivity contribution in [1.82, 2.24) is 0 Å². The predicted molar refractivity (Wildman–Crippen MR) is 60.3 cm³/mol. The number of halogens is 1. The van der Waals surface area contributed by atoms with Gasteiger partial charge in [-0.3, -0.25) is 0 Å². The van der Waals surface area contributed by atoms with Crippen molar-refractivity contribution in [3.05, 3.63) is 47.5 Å². The quantitative estimate of drug-likeness (QED) is 0.725. The summed E-state index contributed by atoms with van der Waals surface area (Å²) in [4.78, 5) is 0. The van der Waals surface area contributed by atoms with E-state index in [1.54, 1.807) is 6.08 Å². The Morgan fingerprint density at radius 1 is 1.31 bits per heavy atom. The van der Waals surface area contributed by atoms with Gasteiger partial charge in [-0.2, -0.15) is 0 Å². The van der Waals surface area contributed by atoms with Gasteiger partial charge in [0.05, 0.1) is 0 Å². The van der Waals surface area contributed by atoms with Crippen molar-refractivity contribution < 1.29 is 0 Å². The molecule has 0 aliphatic rings. The van der Waals surface area contributed by atoms with E-state index in [4.69, 9.17) is 5.73 Å². The first-order chi connectivity index (χ1) is 5.66. The maximum Gasteiger partial charge on any atom is 0.0483 e. The molecule has 0 amide bonds. The van der Waals surface area contributed by atoms with Crippen molar-refractivity contribution in [2.45, 2.75) is 19.9 Å². The van der Waals surface area contributed by atoms with Crippen molar-refractivity contribution in [3.8, 4) is 0 Å². The van der Waals surface area contributed by atoms with E-state index in [0.717, 1.165) is 0 Å². The van der Waals surface area contributed by atoms with Crippen LogP contribution in [0.15, 0.2) is 30.9 Å². The topological polar surface area (TPSA) is 26.0 Å². The van der Waals surface area contributed by atoms with Crippen LogP contribution in [0.3, 0.4) is 0 Å². The predicted octanol–water partition coefficient (Wildman–Crippen LogP) is 2.91. The SMILES string of the molecule is C=C[C@H](N)c1c(C)cccc1C.Cl. The summed E-state index contributed by atoms with van der Waals surface area (Å²) in [6.45, 7) is 7.84. The molecule has 0 saturated heterocycles. The molecule has 13 heavy (non-hydrogen) atoms. The number of hydrogen-bond acceptors (Lipinski definition) is 1. The molecule has 72 valence electrons. The van der Waals surface area contributed by atoms with Crippen LogP contribution in [0.1, 0.15) is 22.7 Å². The molecule has 0 saturated carbocycles. The highest BCUT2D eigenvalue weighted by Gasteiger charge is 2.06. The van der Waals surface area contributed by atoms with Crippen molar-refractivity contribution >= 4 is 12.4 Å². The van der Waals surface area contributed by atoms with Gasteiger partial charge >= 0.3 is 0 Å². The third-order valence-electron chi connectivity index (χ3n) is 2.13. The average Bonchev–Trinajstić information content (AvgIpc) is 2.03. The van der Waals surface area contributed by atoms with Gasteiger partial charge in [-0.1, -0.05) is 24.3 Å². The van der Waals surface area contributed by atoms with Gasteiger partial charge < -0.3 is 5.73 Å². The van der Waals surface area contributed by atoms with Crippen molar-refractivity contribution in [2.75, 3.05) is 0 Å². The van der Waals surface area contributed by atoms with Crippen LogP contribution in [-0.4, -0.2) is 0 Å². The molecule has 1 aromatic rings. The lowest BCUT2D eigenvalue weighted by atomic mass is 9.97. The molecular formula is C11H16ClN. The Bertz CT molecular complexity index is 274. The lowest BCUT2D eigenvalue weighted by Crippen LogP contribution is -2.09. The minimum atomic E-state index is -0.0359. The number of hydrogen-bond donors (Lipinski definition) is 1. The van der Waals surface area contributed by atoms with Gasteiger partial charge in [0.25, 0.3) is 0 Å². The van der Waals surface area contributed by atoms with Crippen LogP contribution in [0.25, 0.3) is 0 Å². The molecule has 0 radical (unpaired) electrons. The van der Waals surface area contributed by atoms with Gasteiger partial charge in [0.1, 0.15) is 0 Å². The second kappa shape index (κ2) is 5.05. The normalized spacial score (nSPS) is 11.6. The first-order valence-corrected chi connectivity index (χ1v) is 4.11. The summed E-state index contributed by atoms with van der Waals surface area (Å²) >= 11 is 0. The summed E-state index contributed by atoms with van der Waals surface area (Å²) in [5.41, 5.74) is 9.56. The fraction of sp³-hybridized carbons (Fsp3) is 0.273. The minimum absolute atomic E-state index is 0. The molecule has 0 fully saturated rings. The molecule has 1 rings (SSSR count). The number of benzene rings is 1. The number of nitrogens with two attached hydrogens (primary N) is 1. The molecule has 0 aliphatic heterocycles. The van der Waals surface area contributed by atoms with Crippen LogP contribution < -0.4 is 5.73 Å². The van der Waals surface area contributed by atoms with E-state index in [-0.39, 0.29) is 18.4 Å².